The van der Waals surface area contributed by atoms with Gasteiger partial charge in [-0.15, -0.1) is 12.3 Å². The van der Waals surface area contributed by atoms with Crippen molar-refractivity contribution in [2.24, 2.45) is 5.41 Å². The topological polar surface area (TPSA) is 0 Å². The van der Waals surface area contributed by atoms with Gasteiger partial charge in [0, 0.05) is 5.41 Å². The molecule has 0 aliphatic heterocycles. The summed E-state index contributed by atoms with van der Waals surface area (Å²) in [5.41, 5.74) is 4.66. The van der Waals surface area contributed by atoms with Gasteiger partial charge >= 0.3 is 0 Å². The minimum absolute atomic E-state index is 0.0985. The zero-order chi connectivity index (χ0) is 8.91. The first-order chi connectivity index (χ1) is 5.08. The van der Waals surface area contributed by atoms with Crippen molar-refractivity contribution >= 4 is 0 Å². The van der Waals surface area contributed by atoms with Gasteiger partial charge in [-0.05, 0) is 25.0 Å². The van der Waals surface area contributed by atoms with Crippen LogP contribution in [0.2, 0.25) is 0 Å². The van der Waals surface area contributed by atoms with Crippen LogP contribution in [0, 0.1) is 5.41 Å². The van der Waals surface area contributed by atoms with Crippen LogP contribution in [0.25, 0.3) is 0 Å². The van der Waals surface area contributed by atoms with Crippen molar-refractivity contribution < 1.29 is 0 Å². The van der Waals surface area contributed by atoms with Crippen LogP contribution in [-0.2, 0) is 0 Å². The average Bonchev–Trinajstić information content (AvgIpc) is 2.00. The van der Waals surface area contributed by atoms with Crippen molar-refractivity contribution in [2.45, 2.75) is 34.1 Å². The Morgan fingerprint density at radius 1 is 1.55 bits per heavy atom. The Bertz CT molecular complexity index is 188. The molecule has 0 atom stereocenters. The molecule has 0 bridgehead atoms. The second kappa shape index (κ2) is 4.20. The molecular formula is C11H18. The van der Waals surface area contributed by atoms with E-state index >= 15 is 0 Å². The highest BCUT2D eigenvalue weighted by Crippen LogP contribution is 2.28. The lowest BCUT2D eigenvalue weighted by atomic mass is 9.83. The molecule has 0 unspecified atom stereocenters. The molecule has 62 valence electrons. The molecule has 0 fully saturated rings. The van der Waals surface area contributed by atoms with Gasteiger partial charge in [0.2, 0.25) is 0 Å². The van der Waals surface area contributed by atoms with E-state index in [0.29, 0.717) is 0 Å². The molecule has 0 aromatic heterocycles. The number of allylic oxidation sites excluding steroid dienone is 2. The molecule has 0 aromatic rings. The molecule has 0 aliphatic carbocycles. The molecule has 0 rings (SSSR count). The molecule has 0 radical (unpaired) electrons. The predicted molar refractivity (Wildman–Crippen MR) is 51.5 cm³/mol. The quantitative estimate of drug-likeness (QED) is 0.425. The van der Waals surface area contributed by atoms with E-state index < -0.39 is 0 Å². The van der Waals surface area contributed by atoms with Crippen LogP contribution in [0.4, 0.5) is 0 Å². The number of hydrogen-bond acceptors (Lipinski definition) is 0. The summed E-state index contributed by atoms with van der Waals surface area (Å²) < 4.78 is 0. The highest BCUT2D eigenvalue weighted by Gasteiger charge is 2.16. The van der Waals surface area contributed by atoms with Gasteiger partial charge in [0.15, 0.2) is 0 Å². The average molecular weight is 150 g/mol. The van der Waals surface area contributed by atoms with Gasteiger partial charge in [-0.1, -0.05) is 26.8 Å². The highest BCUT2D eigenvalue weighted by atomic mass is 14.2. The molecule has 0 nitrogen and oxygen atoms in total. The SMILES string of the molecule is C=CC(C)(C)C(=C=CC)CC. The van der Waals surface area contributed by atoms with Crippen molar-refractivity contribution in [1.29, 1.82) is 0 Å². The standard InChI is InChI=1S/C11H18/c1-6-9-10(7-2)11(4,5)8-3/h6,8H,3,7H2,1-2,4-5H3. The maximum atomic E-state index is 3.81. The van der Waals surface area contributed by atoms with E-state index in [2.05, 4.69) is 33.1 Å². The van der Waals surface area contributed by atoms with E-state index in [1.165, 1.54) is 5.57 Å². The fraction of sp³-hybridized carbons (Fsp3) is 0.545. The maximum absolute atomic E-state index is 3.81. The molecule has 0 heterocycles. The summed E-state index contributed by atoms with van der Waals surface area (Å²) in [7, 11) is 0. The lowest BCUT2D eigenvalue weighted by Crippen LogP contribution is -2.09. The van der Waals surface area contributed by atoms with Gasteiger partial charge in [0.05, 0.1) is 0 Å². The summed E-state index contributed by atoms with van der Waals surface area (Å²) in [5.74, 6) is 0. The lowest BCUT2D eigenvalue weighted by molar-refractivity contribution is 0.562. The molecule has 0 N–H and O–H groups in total. The van der Waals surface area contributed by atoms with E-state index in [-0.39, 0.29) is 5.41 Å². The Morgan fingerprint density at radius 3 is 2.36 bits per heavy atom. The third-order valence-electron chi connectivity index (χ3n) is 1.96. The summed E-state index contributed by atoms with van der Waals surface area (Å²) in [6.45, 7) is 12.3. The molecule has 0 heteroatoms. The lowest BCUT2D eigenvalue weighted by Gasteiger charge is -2.20. The van der Waals surface area contributed by atoms with E-state index in [9.17, 15) is 0 Å². The molecule has 0 aliphatic rings. The monoisotopic (exact) mass is 150 g/mol. The Morgan fingerprint density at radius 2 is 2.09 bits per heavy atom. The van der Waals surface area contributed by atoms with Crippen molar-refractivity contribution in [3.63, 3.8) is 0 Å². The van der Waals surface area contributed by atoms with Crippen LogP contribution in [0.5, 0.6) is 0 Å². The Kier molecular flexibility index (Phi) is 3.92. The first kappa shape index (κ1) is 10.3. The van der Waals surface area contributed by atoms with E-state index in [1.807, 2.05) is 19.1 Å². The minimum atomic E-state index is 0.0985. The molecular weight excluding hydrogens is 132 g/mol. The normalized spacial score (nSPS) is 10.2. The summed E-state index contributed by atoms with van der Waals surface area (Å²) in [6, 6.07) is 0. The first-order valence-electron chi connectivity index (χ1n) is 4.12. The number of rotatable bonds is 3. The van der Waals surface area contributed by atoms with E-state index in [0.717, 1.165) is 6.42 Å². The summed E-state index contributed by atoms with van der Waals surface area (Å²) in [4.78, 5) is 0. The summed E-state index contributed by atoms with van der Waals surface area (Å²) >= 11 is 0. The van der Waals surface area contributed by atoms with E-state index in [1.54, 1.807) is 0 Å². The minimum Gasteiger partial charge on any atom is -0.125 e. The molecule has 0 aromatic carbocycles. The third-order valence-corrected chi connectivity index (χ3v) is 1.96. The van der Waals surface area contributed by atoms with Gasteiger partial charge in [-0.2, -0.15) is 0 Å². The predicted octanol–water partition coefficient (Wildman–Crippen LogP) is 3.71. The zero-order valence-electron chi connectivity index (χ0n) is 8.07. The summed E-state index contributed by atoms with van der Waals surface area (Å²) in [6.07, 6.45) is 4.98. The molecule has 0 saturated heterocycles. The number of hydrogen-bond donors (Lipinski definition) is 0. The van der Waals surface area contributed by atoms with Gasteiger partial charge in [-0.3, -0.25) is 0 Å². The fourth-order valence-electron chi connectivity index (χ4n) is 1.04. The van der Waals surface area contributed by atoms with Gasteiger partial charge < -0.3 is 0 Å². The first-order valence-corrected chi connectivity index (χ1v) is 4.12. The third kappa shape index (κ3) is 2.78. The van der Waals surface area contributed by atoms with Crippen LogP contribution in [0.3, 0.4) is 0 Å². The van der Waals surface area contributed by atoms with Gasteiger partial charge in [-0.25, -0.2) is 0 Å². The molecule has 11 heavy (non-hydrogen) atoms. The van der Waals surface area contributed by atoms with E-state index in [4.69, 9.17) is 0 Å². The van der Waals surface area contributed by atoms with Crippen molar-refractivity contribution in [1.82, 2.24) is 0 Å². The van der Waals surface area contributed by atoms with Crippen LogP contribution in [0.1, 0.15) is 34.1 Å². The van der Waals surface area contributed by atoms with Crippen molar-refractivity contribution in [3.8, 4) is 0 Å². The Labute approximate surface area is 70.3 Å². The van der Waals surface area contributed by atoms with Crippen LogP contribution >= 0.6 is 0 Å². The zero-order valence-corrected chi connectivity index (χ0v) is 8.07. The van der Waals surface area contributed by atoms with Crippen molar-refractivity contribution in [2.75, 3.05) is 0 Å². The second-order valence-corrected chi connectivity index (χ2v) is 3.19. The smallest absolute Gasteiger partial charge is 0.0107 e. The molecule has 0 saturated carbocycles. The van der Waals surface area contributed by atoms with Gasteiger partial charge in [0.25, 0.3) is 0 Å². The Balaban J connectivity index is 4.78. The van der Waals surface area contributed by atoms with Crippen LogP contribution in [-0.4, -0.2) is 0 Å². The fourth-order valence-corrected chi connectivity index (χ4v) is 1.04. The second-order valence-electron chi connectivity index (χ2n) is 3.19. The van der Waals surface area contributed by atoms with Crippen molar-refractivity contribution in [3.05, 3.63) is 30.0 Å². The van der Waals surface area contributed by atoms with Gasteiger partial charge in [0.1, 0.15) is 0 Å². The largest absolute Gasteiger partial charge is 0.125 e. The molecule has 0 spiro atoms. The maximum Gasteiger partial charge on any atom is 0.0107 e. The molecule has 0 amide bonds. The van der Waals surface area contributed by atoms with Crippen LogP contribution in [0.15, 0.2) is 30.0 Å². The van der Waals surface area contributed by atoms with Crippen LogP contribution < -0.4 is 0 Å². The summed E-state index contributed by atoms with van der Waals surface area (Å²) in [5, 5.41) is 0. The highest BCUT2D eigenvalue weighted by molar-refractivity contribution is 5.17. The Hall–Kier alpha value is -0.740.